The minimum atomic E-state index is -0.431. The number of hydrogen-bond donors (Lipinski definition) is 1. The zero-order chi connectivity index (χ0) is 14.4. The fourth-order valence-corrected chi connectivity index (χ4v) is 2.01. The van der Waals surface area contributed by atoms with Crippen LogP contribution in [0.3, 0.4) is 0 Å². The van der Waals surface area contributed by atoms with E-state index in [-0.39, 0.29) is 5.91 Å². The zero-order valence-electron chi connectivity index (χ0n) is 11.3. The summed E-state index contributed by atoms with van der Waals surface area (Å²) >= 11 is 0. The number of nitrogens with zero attached hydrogens (tertiary/aromatic N) is 1. The van der Waals surface area contributed by atoms with Gasteiger partial charge < -0.3 is 5.32 Å². The van der Waals surface area contributed by atoms with Crippen LogP contribution in [0.1, 0.15) is 18.9 Å². The molecule has 0 aliphatic rings. The quantitative estimate of drug-likeness (QED) is 0.862. The van der Waals surface area contributed by atoms with E-state index >= 15 is 0 Å². The molecule has 1 N–H and O–H groups in total. The number of fused-ring (bicyclic) bond motifs is 1. The van der Waals surface area contributed by atoms with E-state index < -0.39 is 6.04 Å². The Bertz CT molecular complexity index is 677. The molecule has 0 fully saturated rings. The lowest BCUT2D eigenvalue weighted by molar-refractivity contribution is -0.116. The lowest BCUT2D eigenvalue weighted by Gasteiger charge is -2.06. The van der Waals surface area contributed by atoms with Crippen LogP contribution < -0.4 is 5.32 Å². The second-order valence-electron chi connectivity index (χ2n) is 4.50. The Morgan fingerprint density at radius 1 is 1.30 bits per heavy atom. The van der Waals surface area contributed by atoms with Gasteiger partial charge in [-0.15, -0.1) is 0 Å². The molecule has 0 heterocycles. The fourth-order valence-electron chi connectivity index (χ4n) is 2.01. The maximum absolute atomic E-state index is 11.7. The highest BCUT2D eigenvalue weighted by Gasteiger charge is 2.06. The molecule has 0 saturated carbocycles. The van der Waals surface area contributed by atoms with Gasteiger partial charge in [-0.1, -0.05) is 49.4 Å². The van der Waals surface area contributed by atoms with Gasteiger partial charge in [0.2, 0.25) is 5.91 Å². The third-order valence-corrected chi connectivity index (χ3v) is 3.12. The van der Waals surface area contributed by atoms with Gasteiger partial charge in [-0.2, -0.15) is 5.26 Å². The van der Waals surface area contributed by atoms with Crippen molar-refractivity contribution in [3.8, 4) is 6.07 Å². The SMILES string of the molecule is CC[C@H](C#N)NC(=O)/C=C/c1cccc2ccccc12. The van der Waals surface area contributed by atoms with Crippen LogP contribution in [0.2, 0.25) is 0 Å². The molecule has 1 amide bonds. The molecule has 0 aliphatic heterocycles. The first kappa shape index (κ1) is 13.8. The number of nitriles is 1. The van der Waals surface area contributed by atoms with Crippen molar-refractivity contribution in [1.29, 1.82) is 5.26 Å². The maximum Gasteiger partial charge on any atom is 0.245 e. The fraction of sp³-hybridized carbons (Fsp3) is 0.176. The summed E-state index contributed by atoms with van der Waals surface area (Å²) in [6.45, 7) is 1.86. The number of benzene rings is 2. The highest BCUT2D eigenvalue weighted by atomic mass is 16.1. The van der Waals surface area contributed by atoms with Crippen LogP contribution in [0, 0.1) is 11.3 Å². The highest BCUT2D eigenvalue weighted by Crippen LogP contribution is 2.19. The van der Waals surface area contributed by atoms with E-state index in [1.54, 1.807) is 6.08 Å². The van der Waals surface area contributed by atoms with Crippen molar-refractivity contribution in [2.75, 3.05) is 0 Å². The van der Waals surface area contributed by atoms with Crippen molar-refractivity contribution < 1.29 is 4.79 Å². The van der Waals surface area contributed by atoms with Gasteiger partial charge in [0.1, 0.15) is 6.04 Å². The van der Waals surface area contributed by atoms with Crippen molar-refractivity contribution in [2.45, 2.75) is 19.4 Å². The molecule has 0 aromatic heterocycles. The van der Waals surface area contributed by atoms with Crippen molar-refractivity contribution in [1.82, 2.24) is 5.32 Å². The molecular weight excluding hydrogens is 248 g/mol. The number of nitrogens with one attached hydrogen (secondary N) is 1. The second kappa shape index (κ2) is 6.53. The topological polar surface area (TPSA) is 52.9 Å². The van der Waals surface area contributed by atoms with Gasteiger partial charge in [0.15, 0.2) is 0 Å². The molecule has 0 radical (unpaired) electrons. The molecule has 2 rings (SSSR count). The molecule has 0 unspecified atom stereocenters. The normalized spacial score (nSPS) is 12.2. The summed E-state index contributed by atoms with van der Waals surface area (Å²) in [6, 6.07) is 15.6. The van der Waals surface area contributed by atoms with Crippen LogP contribution in [0.25, 0.3) is 16.8 Å². The Kier molecular flexibility index (Phi) is 4.52. The molecule has 0 aliphatic carbocycles. The zero-order valence-corrected chi connectivity index (χ0v) is 11.3. The summed E-state index contributed by atoms with van der Waals surface area (Å²) < 4.78 is 0. The smallest absolute Gasteiger partial charge is 0.245 e. The summed E-state index contributed by atoms with van der Waals surface area (Å²) in [4.78, 5) is 11.7. The van der Waals surface area contributed by atoms with Gasteiger partial charge in [-0.25, -0.2) is 0 Å². The minimum Gasteiger partial charge on any atom is -0.337 e. The molecular formula is C17H16N2O. The molecule has 0 bridgehead atoms. The van der Waals surface area contributed by atoms with Gasteiger partial charge in [0, 0.05) is 6.08 Å². The standard InChI is InChI=1S/C17H16N2O/c1-2-15(12-18)19-17(20)11-10-14-8-5-7-13-6-3-4-9-16(13)14/h3-11,15H,2H2,1H3,(H,19,20)/b11-10+/t15-/m1/s1. The highest BCUT2D eigenvalue weighted by molar-refractivity contribution is 5.96. The first-order chi connectivity index (χ1) is 9.74. The molecule has 1 atom stereocenters. The largest absolute Gasteiger partial charge is 0.337 e. The van der Waals surface area contributed by atoms with Crippen molar-refractivity contribution >= 4 is 22.8 Å². The molecule has 2 aromatic carbocycles. The number of hydrogen-bond acceptors (Lipinski definition) is 2. The van der Waals surface area contributed by atoms with E-state index in [0.717, 1.165) is 16.3 Å². The van der Waals surface area contributed by atoms with Gasteiger partial charge in [-0.05, 0) is 28.8 Å². The van der Waals surface area contributed by atoms with Crippen LogP contribution in [-0.2, 0) is 4.79 Å². The monoisotopic (exact) mass is 264 g/mol. The Balaban J connectivity index is 2.18. The number of carbonyl (C=O) groups is 1. The second-order valence-corrected chi connectivity index (χ2v) is 4.50. The van der Waals surface area contributed by atoms with Crippen LogP contribution in [0.5, 0.6) is 0 Å². The van der Waals surface area contributed by atoms with Crippen molar-refractivity contribution in [3.63, 3.8) is 0 Å². The third-order valence-electron chi connectivity index (χ3n) is 3.12. The molecule has 3 heteroatoms. The molecule has 0 spiro atoms. The summed E-state index contributed by atoms with van der Waals surface area (Å²) in [5.74, 6) is -0.244. The van der Waals surface area contributed by atoms with Crippen LogP contribution in [0.4, 0.5) is 0 Å². The van der Waals surface area contributed by atoms with E-state index in [2.05, 4.69) is 5.32 Å². The Hall–Kier alpha value is -2.60. The third kappa shape index (κ3) is 3.24. The Labute approximate surface area is 118 Å². The maximum atomic E-state index is 11.7. The van der Waals surface area contributed by atoms with Crippen LogP contribution in [0.15, 0.2) is 48.5 Å². The predicted octanol–water partition coefficient (Wildman–Crippen LogP) is 3.27. The number of carbonyl (C=O) groups excluding carboxylic acids is 1. The predicted molar refractivity (Wildman–Crippen MR) is 80.8 cm³/mol. The summed E-state index contributed by atoms with van der Waals surface area (Å²) in [5, 5.41) is 13.7. The van der Waals surface area contributed by atoms with Crippen LogP contribution in [-0.4, -0.2) is 11.9 Å². The van der Waals surface area contributed by atoms with Gasteiger partial charge >= 0.3 is 0 Å². The molecule has 100 valence electrons. The van der Waals surface area contributed by atoms with Gasteiger partial charge in [-0.3, -0.25) is 4.79 Å². The van der Waals surface area contributed by atoms with Crippen LogP contribution >= 0.6 is 0 Å². The Morgan fingerprint density at radius 3 is 2.80 bits per heavy atom. The van der Waals surface area contributed by atoms with E-state index in [1.807, 2.05) is 55.5 Å². The lowest BCUT2D eigenvalue weighted by Crippen LogP contribution is -2.31. The lowest BCUT2D eigenvalue weighted by atomic mass is 10.0. The van der Waals surface area contributed by atoms with Crippen molar-refractivity contribution in [3.05, 3.63) is 54.1 Å². The van der Waals surface area contributed by atoms with E-state index in [9.17, 15) is 4.79 Å². The Morgan fingerprint density at radius 2 is 2.05 bits per heavy atom. The molecule has 20 heavy (non-hydrogen) atoms. The van der Waals surface area contributed by atoms with E-state index in [0.29, 0.717) is 6.42 Å². The van der Waals surface area contributed by atoms with Gasteiger partial charge in [0.05, 0.1) is 6.07 Å². The van der Waals surface area contributed by atoms with E-state index in [4.69, 9.17) is 5.26 Å². The first-order valence-corrected chi connectivity index (χ1v) is 6.60. The molecule has 2 aromatic rings. The average molecular weight is 264 g/mol. The van der Waals surface area contributed by atoms with E-state index in [1.165, 1.54) is 6.08 Å². The summed E-state index contributed by atoms with van der Waals surface area (Å²) in [5.41, 5.74) is 0.989. The van der Waals surface area contributed by atoms with Gasteiger partial charge in [0.25, 0.3) is 0 Å². The molecule has 0 saturated heterocycles. The number of rotatable bonds is 4. The summed E-state index contributed by atoms with van der Waals surface area (Å²) in [6.07, 6.45) is 3.86. The minimum absolute atomic E-state index is 0.244. The molecule has 3 nitrogen and oxygen atoms in total. The first-order valence-electron chi connectivity index (χ1n) is 6.60. The average Bonchev–Trinajstić information content (AvgIpc) is 2.50. The summed E-state index contributed by atoms with van der Waals surface area (Å²) in [7, 11) is 0. The number of amides is 1. The van der Waals surface area contributed by atoms with Crippen molar-refractivity contribution in [2.24, 2.45) is 0 Å².